The molecular weight excluding hydrogens is 232 g/mol. The monoisotopic (exact) mass is 252 g/mol. The van der Waals surface area contributed by atoms with Gasteiger partial charge >= 0.3 is 0 Å². The third-order valence-corrected chi connectivity index (χ3v) is 3.48. The lowest BCUT2D eigenvalue weighted by molar-refractivity contribution is -0.122. The number of nitrogens with one attached hydrogen (secondary N) is 3. The lowest BCUT2D eigenvalue weighted by Crippen LogP contribution is -2.35. The van der Waals surface area contributed by atoms with Crippen LogP contribution in [0, 0.1) is 11.8 Å². The van der Waals surface area contributed by atoms with E-state index in [1.807, 2.05) is 0 Å². The Morgan fingerprint density at radius 1 is 1.61 bits per heavy atom. The second-order valence-electron chi connectivity index (χ2n) is 4.89. The minimum atomic E-state index is 0.0536. The Hall–Kier alpha value is -1.50. The molecule has 1 aromatic rings. The molecule has 1 saturated heterocycles. The molecule has 1 amide bonds. The number of hydrogen-bond donors (Lipinski definition) is 3. The highest BCUT2D eigenvalue weighted by molar-refractivity contribution is 5.76. The summed E-state index contributed by atoms with van der Waals surface area (Å²) in [5.74, 6) is 1.57. The van der Waals surface area contributed by atoms with Gasteiger partial charge < -0.3 is 10.6 Å². The Bertz CT molecular complexity index is 360. The summed E-state index contributed by atoms with van der Waals surface area (Å²) in [7, 11) is 0. The zero-order chi connectivity index (χ0) is 12.8. The van der Waals surface area contributed by atoms with Gasteiger partial charge in [-0.1, -0.05) is 12.1 Å². The maximum atomic E-state index is 11.8. The summed E-state index contributed by atoms with van der Waals surface area (Å²) in [5.41, 5.74) is 0. The first-order chi connectivity index (χ1) is 8.75. The molecule has 0 saturated carbocycles. The minimum absolute atomic E-state index is 0.0536. The minimum Gasteiger partial charge on any atom is -0.349 e. The summed E-state index contributed by atoms with van der Waals surface area (Å²) in [6.07, 6.45) is 2.98. The molecule has 0 aliphatic carbocycles. The van der Waals surface area contributed by atoms with Crippen LogP contribution in [0.5, 0.6) is 0 Å². The summed E-state index contributed by atoms with van der Waals surface area (Å²) in [6, 6.07) is 0. The largest absolute Gasteiger partial charge is 0.349 e. The molecule has 2 atom stereocenters. The predicted octanol–water partition coefficient (Wildman–Crippen LogP) is -0.158. The number of rotatable bonds is 5. The Morgan fingerprint density at radius 2 is 2.50 bits per heavy atom. The van der Waals surface area contributed by atoms with Gasteiger partial charge in [0.25, 0.3) is 0 Å². The molecule has 0 bridgehead atoms. The van der Waals surface area contributed by atoms with Gasteiger partial charge in [0, 0.05) is 6.42 Å². The van der Waals surface area contributed by atoms with Crippen LogP contribution >= 0.6 is 0 Å². The quantitative estimate of drug-likeness (QED) is 0.677. The molecule has 18 heavy (non-hydrogen) atoms. The Kier molecular flexibility index (Phi) is 4.63. The van der Waals surface area contributed by atoms with E-state index in [0.717, 1.165) is 13.1 Å². The van der Waals surface area contributed by atoms with Crippen molar-refractivity contribution in [2.45, 2.75) is 32.7 Å². The second kappa shape index (κ2) is 6.44. The number of carbonyl (C=O) groups is 1. The molecule has 7 heteroatoms. The van der Waals surface area contributed by atoms with Crippen LogP contribution in [0.2, 0.25) is 0 Å². The van der Waals surface area contributed by atoms with Gasteiger partial charge in [-0.3, -0.25) is 4.79 Å². The number of hydrogen-bond acceptors (Lipinski definition) is 5. The van der Waals surface area contributed by atoms with E-state index in [0.29, 0.717) is 30.6 Å². The van der Waals surface area contributed by atoms with Crippen molar-refractivity contribution in [2.75, 3.05) is 13.1 Å². The highest BCUT2D eigenvalue weighted by Crippen LogP contribution is 2.22. The van der Waals surface area contributed by atoms with Crippen LogP contribution in [0.4, 0.5) is 0 Å². The molecule has 1 aromatic heterocycles. The number of aromatic nitrogens is 4. The number of tetrazole rings is 1. The Morgan fingerprint density at radius 3 is 3.17 bits per heavy atom. The maximum Gasteiger partial charge on any atom is 0.220 e. The summed E-state index contributed by atoms with van der Waals surface area (Å²) in [5, 5.41) is 19.6. The van der Waals surface area contributed by atoms with Gasteiger partial charge in [-0.05, 0) is 37.8 Å². The van der Waals surface area contributed by atoms with E-state index in [-0.39, 0.29) is 5.91 Å². The summed E-state index contributed by atoms with van der Waals surface area (Å²) in [6.45, 7) is 4.61. The third-order valence-electron chi connectivity index (χ3n) is 3.48. The topological polar surface area (TPSA) is 95.6 Å². The molecule has 0 aromatic carbocycles. The number of carbonyl (C=O) groups excluding carboxylic acids is 1. The van der Waals surface area contributed by atoms with E-state index in [1.165, 1.54) is 12.8 Å². The van der Waals surface area contributed by atoms with Crippen LogP contribution < -0.4 is 10.6 Å². The average molecular weight is 252 g/mol. The molecule has 0 spiro atoms. The van der Waals surface area contributed by atoms with Gasteiger partial charge in [-0.15, -0.1) is 10.2 Å². The van der Waals surface area contributed by atoms with Crippen molar-refractivity contribution in [3.63, 3.8) is 0 Å². The maximum absolute atomic E-state index is 11.8. The van der Waals surface area contributed by atoms with Crippen molar-refractivity contribution in [3.8, 4) is 0 Å². The highest BCUT2D eigenvalue weighted by Gasteiger charge is 2.21. The van der Waals surface area contributed by atoms with Gasteiger partial charge in [0.15, 0.2) is 5.82 Å². The first-order valence-corrected chi connectivity index (χ1v) is 6.45. The SMILES string of the molecule is CC(CC(=O)NCc1nn[nH]n1)C1CCCNC1. The summed E-state index contributed by atoms with van der Waals surface area (Å²) in [4.78, 5) is 11.8. The van der Waals surface area contributed by atoms with E-state index in [4.69, 9.17) is 0 Å². The number of aromatic amines is 1. The van der Waals surface area contributed by atoms with E-state index in [9.17, 15) is 4.79 Å². The highest BCUT2D eigenvalue weighted by atomic mass is 16.1. The van der Waals surface area contributed by atoms with Crippen molar-refractivity contribution in [2.24, 2.45) is 11.8 Å². The lowest BCUT2D eigenvalue weighted by Gasteiger charge is -2.27. The Balaban J connectivity index is 1.69. The van der Waals surface area contributed by atoms with Crippen molar-refractivity contribution >= 4 is 5.91 Å². The standard InChI is InChI=1S/C11H20N6O/c1-8(9-3-2-4-12-6-9)5-11(18)13-7-10-14-16-17-15-10/h8-9,12H,2-7H2,1H3,(H,13,18)(H,14,15,16,17). The smallest absolute Gasteiger partial charge is 0.220 e. The van der Waals surface area contributed by atoms with Crippen LogP contribution in [0.3, 0.4) is 0 Å². The third kappa shape index (κ3) is 3.76. The molecule has 7 nitrogen and oxygen atoms in total. The number of nitrogens with zero attached hydrogens (tertiary/aromatic N) is 3. The molecule has 1 fully saturated rings. The molecule has 1 aliphatic heterocycles. The Labute approximate surface area is 106 Å². The van der Waals surface area contributed by atoms with Gasteiger partial charge in [0.1, 0.15) is 0 Å². The zero-order valence-electron chi connectivity index (χ0n) is 10.6. The van der Waals surface area contributed by atoms with E-state index in [1.54, 1.807) is 0 Å². The first kappa shape index (κ1) is 12.9. The normalized spacial score (nSPS) is 21.5. The molecule has 100 valence electrons. The number of H-pyrrole nitrogens is 1. The summed E-state index contributed by atoms with van der Waals surface area (Å²) < 4.78 is 0. The summed E-state index contributed by atoms with van der Waals surface area (Å²) >= 11 is 0. The van der Waals surface area contributed by atoms with Crippen LogP contribution in [0.15, 0.2) is 0 Å². The number of amides is 1. The molecule has 0 radical (unpaired) electrons. The van der Waals surface area contributed by atoms with Crippen LogP contribution in [-0.2, 0) is 11.3 Å². The van der Waals surface area contributed by atoms with Gasteiger partial charge in [0.05, 0.1) is 6.54 Å². The van der Waals surface area contributed by atoms with Gasteiger partial charge in [-0.25, -0.2) is 0 Å². The predicted molar refractivity (Wildman–Crippen MR) is 65.4 cm³/mol. The fourth-order valence-corrected chi connectivity index (χ4v) is 2.33. The average Bonchev–Trinajstić information content (AvgIpc) is 2.90. The van der Waals surface area contributed by atoms with Crippen LogP contribution in [-0.4, -0.2) is 39.6 Å². The van der Waals surface area contributed by atoms with E-state index >= 15 is 0 Å². The van der Waals surface area contributed by atoms with Crippen molar-refractivity contribution in [1.82, 2.24) is 31.3 Å². The molecule has 3 N–H and O–H groups in total. The fraction of sp³-hybridized carbons (Fsp3) is 0.818. The first-order valence-electron chi connectivity index (χ1n) is 6.45. The molecule has 1 aliphatic rings. The molecule has 2 rings (SSSR count). The van der Waals surface area contributed by atoms with Crippen molar-refractivity contribution in [1.29, 1.82) is 0 Å². The fourth-order valence-electron chi connectivity index (χ4n) is 2.33. The van der Waals surface area contributed by atoms with Gasteiger partial charge in [-0.2, -0.15) is 5.21 Å². The second-order valence-corrected chi connectivity index (χ2v) is 4.89. The van der Waals surface area contributed by atoms with Crippen LogP contribution in [0.25, 0.3) is 0 Å². The number of piperidine rings is 1. The van der Waals surface area contributed by atoms with Crippen molar-refractivity contribution < 1.29 is 4.79 Å². The molecule has 2 unspecified atom stereocenters. The molecule has 2 heterocycles. The zero-order valence-corrected chi connectivity index (χ0v) is 10.6. The van der Waals surface area contributed by atoms with Gasteiger partial charge in [0.2, 0.25) is 5.91 Å². The van der Waals surface area contributed by atoms with E-state index in [2.05, 4.69) is 38.2 Å². The lowest BCUT2D eigenvalue weighted by atomic mass is 9.85. The van der Waals surface area contributed by atoms with Crippen LogP contribution in [0.1, 0.15) is 32.0 Å². The van der Waals surface area contributed by atoms with Crippen molar-refractivity contribution in [3.05, 3.63) is 5.82 Å². The van der Waals surface area contributed by atoms with E-state index < -0.39 is 0 Å². The molecular formula is C11H20N6O.